The van der Waals surface area contributed by atoms with Gasteiger partial charge in [0.25, 0.3) is 0 Å². The second kappa shape index (κ2) is 6.27. The Hall–Kier alpha value is -2.48. The molecule has 28 heavy (non-hydrogen) atoms. The van der Waals surface area contributed by atoms with Gasteiger partial charge in [0.1, 0.15) is 17.6 Å². The Morgan fingerprint density at radius 3 is 2.96 bits per heavy atom. The van der Waals surface area contributed by atoms with Crippen LogP contribution in [0.5, 0.6) is 5.75 Å². The van der Waals surface area contributed by atoms with E-state index in [0.717, 1.165) is 40.7 Å². The maximum absolute atomic E-state index is 12.5. The highest BCUT2D eigenvalue weighted by molar-refractivity contribution is 8.15. The van der Waals surface area contributed by atoms with E-state index < -0.39 is 0 Å². The number of hydrogen-bond donors (Lipinski definition) is 1. The number of aromatic nitrogens is 2. The van der Waals surface area contributed by atoms with Crippen LogP contribution in [0.15, 0.2) is 35.6 Å². The van der Waals surface area contributed by atoms with Gasteiger partial charge < -0.3 is 15.0 Å². The van der Waals surface area contributed by atoms with Crippen LogP contribution in [-0.4, -0.2) is 50.8 Å². The topological polar surface area (TPSA) is 71.8 Å². The molecule has 1 N–H and O–H groups in total. The third-order valence-electron chi connectivity index (χ3n) is 5.39. The van der Waals surface area contributed by atoms with Gasteiger partial charge in [-0.25, -0.2) is 0 Å². The summed E-state index contributed by atoms with van der Waals surface area (Å²) in [6.45, 7) is 5.44. The fourth-order valence-electron chi connectivity index (χ4n) is 4.09. The Morgan fingerprint density at radius 2 is 2.18 bits per heavy atom. The van der Waals surface area contributed by atoms with Crippen LogP contribution >= 0.6 is 11.8 Å². The van der Waals surface area contributed by atoms with Gasteiger partial charge in [-0.15, -0.1) is 0 Å². The number of fused-ring (bicyclic) bond motifs is 2. The number of aliphatic imine (C=N–C) groups is 1. The van der Waals surface area contributed by atoms with Crippen molar-refractivity contribution in [1.82, 2.24) is 15.1 Å². The van der Waals surface area contributed by atoms with E-state index in [0.29, 0.717) is 6.61 Å². The first-order valence-electron chi connectivity index (χ1n) is 9.49. The van der Waals surface area contributed by atoms with Crippen molar-refractivity contribution in [2.75, 3.05) is 18.1 Å². The maximum atomic E-state index is 12.5. The molecule has 146 valence electrons. The fraction of sp³-hybridized carbons (Fsp3) is 0.450. The zero-order chi connectivity index (χ0) is 19.5. The van der Waals surface area contributed by atoms with Gasteiger partial charge in [-0.2, -0.15) is 5.10 Å². The number of nitrogens with zero attached hydrogens (tertiary/aromatic N) is 4. The molecule has 5 rings (SSSR count). The number of thioether (sulfide) groups is 1. The Morgan fingerprint density at radius 1 is 1.32 bits per heavy atom. The molecule has 1 amide bonds. The number of amides is 1. The van der Waals surface area contributed by atoms with Gasteiger partial charge in [-0.05, 0) is 38.0 Å². The molecule has 0 bridgehead atoms. The number of carbonyl (C=O) groups is 1. The Kier molecular flexibility index (Phi) is 3.94. The van der Waals surface area contributed by atoms with E-state index in [2.05, 4.69) is 41.3 Å². The predicted octanol–water partition coefficient (Wildman–Crippen LogP) is 2.42. The smallest absolute Gasteiger partial charge is 0.236 e. The van der Waals surface area contributed by atoms with Crippen LogP contribution in [0, 0.1) is 0 Å². The zero-order valence-corrected chi connectivity index (χ0v) is 17.0. The van der Waals surface area contributed by atoms with Crippen molar-refractivity contribution in [3.8, 4) is 16.9 Å². The highest BCUT2D eigenvalue weighted by Crippen LogP contribution is 2.42. The normalized spacial score (nSPS) is 25.5. The minimum Gasteiger partial charge on any atom is -0.490 e. The van der Waals surface area contributed by atoms with Crippen LogP contribution in [0.2, 0.25) is 0 Å². The molecule has 0 radical (unpaired) electrons. The van der Waals surface area contributed by atoms with Crippen LogP contribution in [0.1, 0.15) is 20.3 Å². The van der Waals surface area contributed by atoms with E-state index >= 15 is 0 Å². The minimum absolute atomic E-state index is 0.0246. The summed E-state index contributed by atoms with van der Waals surface area (Å²) < 4.78 is 7.67. The molecule has 2 unspecified atom stereocenters. The van der Waals surface area contributed by atoms with Crippen molar-refractivity contribution < 1.29 is 9.53 Å². The lowest BCUT2D eigenvalue weighted by atomic mass is 9.89. The summed E-state index contributed by atoms with van der Waals surface area (Å²) in [7, 11) is 1.91. The molecule has 1 fully saturated rings. The Bertz CT molecular complexity index is 983. The van der Waals surface area contributed by atoms with Crippen molar-refractivity contribution in [3.05, 3.63) is 30.6 Å². The molecule has 1 saturated heterocycles. The number of benzene rings is 1. The number of anilines is 1. The van der Waals surface area contributed by atoms with Crippen molar-refractivity contribution in [2.45, 2.75) is 37.1 Å². The summed E-state index contributed by atoms with van der Waals surface area (Å²) >= 11 is 1.57. The zero-order valence-electron chi connectivity index (χ0n) is 16.2. The minimum atomic E-state index is -0.214. The molecule has 2 atom stereocenters. The quantitative estimate of drug-likeness (QED) is 0.800. The Labute approximate surface area is 168 Å². The summed E-state index contributed by atoms with van der Waals surface area (Å²) in [5, 5.41) is 8.16. The number of aryl methyl sites for hydroxylation is 1. The summed E-state index contributed by atoms with van der Waals surface area (Å²) in [4.78, 5) is 19.7. The van der Waals surface area contributed by atoms with Crippen LogP contribution < -0.4 is 15.0 Å². The molecule has 0 spiro atoms. The van der Waals surface area contributed by atoms with E-state index in [4.69, 9.17) is 9.73 Å². The van der Waals surface area contributed by atoms with Crippen LogP contribution in [0.4, 0.5) is 5.69 Å². The molecule has 1 aromatic carbocycles. The van der Waals surface area contributed by atoms with Gasteiger partial charge in [-0.1, -0.05) is 17.8 Å². The van der Waals surface area contributed by atoms with E-state index in [1.807, 2.05) is 25.5 Å². The first-order chi connectivity index (χ1) is 13.4. The molecule has 4 heterocycles. The van der Waals surface area contributed by atoms with E-state index in [1.54, 1.807) is 16.4 Å². The van der Waals surface area contributed by atoms with Gasteiger partial charge in [-0.3, -0.25) is 14.5 Å². The molecule has 8 heteroatoms. The largest absolute Gasteiger partial charge is 0.490 e. The molecule has 0 saturated carbocycles. The van der Waals surface area contributed by atoms with Crippen molar-refractivity contribution in [3.63, 3.8) is 0 Å². The van der Waals surface area contributed by atoms with E-state index in [1.165, 1.54) is 0 Å². The van der Waals surface area contributed by atoms with E-state index in [9.17, 15) is 4.79 Å². The molecule has 0 aliphatic carbocycles. The second-order valence-electron chi connectivity index (χ2n) is 8.18. The van der Waals surface area contributed by atoms with E-state index in [-0.39, 0.29) is 22.7 Å². The van der Waals surface area contributed by atoms with Gasteiger partial charge in [0.05, 0.1) is 24.5 Å². The number of nitrogens with one attached hydrogen (secondary N) is 1. The highest BCUT2D eigenvalue weighted by atomic mass is 32.2. The second-order valence-corrected chi connectivity index (χ2v) is 9.29. The highest BCUT2D eigenvalue weighted by Gasteiger charge is 2.46. The average molecular weight is 398 g/mol. The molecular formula is C20H23N5O2S. The number of amidine groups is 1. The number of piperidine rings is 1. The van der Waals surface area contributed by atoms with Crippen LogP contribution in [0.25, 0.3) is 11.1 Å². The molecule has 3 aliphatic heterocycles. The lowest BCUT2D eigenvalue weighted by molar-refractivity contribution is -0.124. The molecule has 3 aliphatic rings. The average Bonchev–Trinajstić information content (AvgIpc) is 3.26. The predicted molar refractivity (Wildman–Crippen MR) is 111 cm³/mol. The lowest BCUT2D eigenvalue weighted by Gasteiger charge is -2.36. The summed E-state index contributed by atoms with van der Waals surface area (Å²) in [5.41, 5.74) is 2.93. The van der Waals surface area contributed by atoms with Gasteiger partial charge in [0.2, 0.25) is 5.91 Å². The number of carbonyl (C=O) groups excluding carboxylic acids is 1. The van der Waals surface area contributed by atoms with Gasteiger partial charge in [0.15, 0.2) is 5.17 Å². The first-order valence-corrected chi connectivity index (χ1v) is 10.4. The SMILES string of the molecule is Cn1cc(-c2ccc3c(c2)N(C2=NC4CC(C)(C)NC(=O)C4S2)CCO3)cn1. The fourth-order valence-corrected chi connectivity index (χ4v) is 5.31. The van der Waals surface area contributed by atoms with Gasteiger partial charge >= 0.3 is 0 Å². The third kappa shape index (κ3) is 2.96. The molecular weight excluding hydrogens is 374 g/mol. The van der Waals surface area contributed by atoms with Gasteiger partial charge in [0, 0.05) is 24.3 Å². The maximum Gasteiger partial charge on any atom is 0.236 e. The lowest BCUT2D eigenvalue weighted by Crippen LogP contribution is -2.56. The number of ether oxygens (including phenoxy) is 1. The molecule has 7 nitrogen and oxygen atoms in total. The van der Waals surface area contributed by atoms with Crippen LogP contribution in [-0.2, 0) is 11.8 Å². The molecule has 1 aromatic heterocycles. The first kappa shape index (κ1) is 17.6. The summed E-state index contributed by atoms with van der Waals surface area (Å²) in [6, 6.07) is 6.21. The van der Waals surface area contributed by atoms with Crippen molar-refractivity contribution in [1.29, 1.82) is 0 Å². The summed E-state index contributed by atoms with van der Waals surface area (Å²) in [5.74, 6) is 0.935. The Balaban J connectivity index is 1.49. The van der Waals surface area contributed by atoms with Crippen molar-refractivity contribution in [2.24, 2.45) is 12.0 Å². The monoisotopic (exact) mass is 397 g/mol. The number of rotatable bonds is 1. The number of hydrogen-bond acceptors (Lipinski definition) is 6. The van der Waals surface area contributed by atoms with Crippen LogP contribution in [0.3, 0.4) is 0 Å². The third-order valence-corrected chi connectivity index (χ3v) is 6.71. The van der Waals surface area contributed by atoms with Crippen molar-refractivity contribution >= 4 is 28.5 Å². The summed E-state index contributed by atoms with van der Waals surface area (Å²) in [6.07, 6.45) is 4.71. The standard InChI is InChI=1S/C20H23N5O2S/c1-20(2)9-14-17(18(26)23-20)28-19(22-14)25-6-7-27-16-5-4-12(8-15(16)25)13-10-21-24(3)11-13/h4-5,8,10-11,14,17H,6-7,9H2,1-3H3,(H,23,26). The molecule has 2 aromatic rings.